The lowest BCUT2D eigenvalue weighted by molar-refractivity contribution is 0.839. The van der Waals surface area contributed by atoms with Crippen LogP contribution in [0.2, 0.25) is 0 Å². The molecule has 0 bridgehead atoms. The average molecular weight is 326 g/mol. The van der Waals surface area contributed by atoms with Crippen LogP contribution in [0.1, 0.15) is 29.7 Å². The molecule has 110 valence electrons. The SMILES string of the molecule is CCc1nnc2n1-c1ccc(S)cc1C(c1ccsc1)=NC2. The first kappa shape index (κ1) is 13.7. The normalized spacial score (nSPS) is 13.3. The number of rotatable bonds is 2. The summed E-state index contributed by atoms with van der Waals surface area (Å²) in [5.41, 5.74) is 4.30. The zero-order chi connectivity index (χ0) is 15.1. The summed E-state index contributed by atoms with van der Waals surface area (Å²) >= 11 is 6.18. The Morgan fingerprint density at radius 2 is 2.18 bits per heavy atom. The fourth-order valence-electron chi connectivity index (χ4n) is 2.75. The van der Waals surface area contributed by atoms with Gasteiger partial charge in [-0.25, -0.2) is 0 Å². The van der Waals surface area contributed by atoms with Crippen molar-refractivity contribution in [2.75, 3.05) is 0 Å². The fraction of sp³-hybridized carbons (Fsp3) is 0.188. The molecule has 6 heteroatoms. The summed E-state index contributed by atoms with van der Waals surface area (Å²) in [5.74, 6) is 1.85. The molecule has 4 nitrogen and oxygen atoms in total. The molecule has 1 aliphatic heterocycles. The molecule has 0 N–H and O–H groups in total. The van der Waals surface area contributed by atoms with Gasteiger partial charge in [-0.3, -0.25) is 9.56 Å². The van der Waals surface area contributed by atoms with E-state index in [0.29, 0.717) is 6.54 Å². The fourth-order valence-corrected chi connectivity index (χ4v) is 3.60. The second kappa shape index (κ2) is 5.37. The second-order valence-corrected chi connectivity index (χ2v) is 6.40. The lowest BCUT2D eigenvalue weighted by Gasteiger charge is -2.13. The highest BCUT2D eigenvalue weighted by Crippen LogP contribution is 2.28. The summed E-state index contributed by atoms with van der Waals surface area (Å²) in [6.45, 7) is 2.63. The lowest BCUT2D eigenvalue weighted by atomic mass is 10.0. The molecule has 3 aromatic rings. The summed E-state index contributed by atoms with van der Waals surface area (Å²) in [7, 11) is 0. The van der Waals surface area contributed by atoms with Crippen molar-refractivity contribution < 1.29 is 0 Å². The van der Waals surface area contributed by atoms with E-state index in [4.69, 9.17) is 4.99 Å². The molecule has 4 rings (SSSR count). The summed E-state index contributed by atoms with van der Waals surface area (Å²) < 4.78 is 2.13. The Balaban J connectivity index is 2.01. The minimum absolute atomic E-state index is 0.536. The van der Waals surface area contributed by atoms with Gasteiger partial charge in [-0.05, 0) is 29.6 Å². The van der Waals surface area contributed by atoms with E-state index in [1.54, 1.807) is 11.3 Å². The van der Waals surface area contributed by atoms with Crippen molar-refractivity contribution in [2.24, 2.45) is 4.99 Å². The van der Waals surface area contributed by atoms with Crippen LogP contribution in [0.25, 0.3) is 5.69 Å². The molecular weight excluding hydrogens is 312 g/mol. The zero-order valence-corrected chi connectivity index (χ0v) is 13.7. The van der Waals surface area contributed by atoms with Crippen molar-refractivity contribution in [3.63, 3.8) is 0 Å². The first-order valence-electron chi connectivity index (χ1n) is 7.12. The quantitative estimate of drug-likeness (QED) is 0.732. The van der Waals surface area contributed by atoms with Crippen molar-refractivity contribution in [3.05, 3.63) is 57.8 Å². The third kappa shape index (κ3) is 2.10. The molecule has 2 aromatic heterocycles. The van der Waals surface area contributed by atoms with Gasteiger partial charge in [0.15, 0.2) is 5.82 Å². The number of fused-ring (bicyclic) bond motifs is 3. The van der Waals surface area contributed by atoms with Gasteiger partial charge in [0.25, 0.3) is 0 Å². The van der Waals surface area contributed by atoms with Crippen LogP contribution in [0.3, 0.4) is 0 Å². The molecule has 0 amide bonds. The molecule has 22 heavy (non-hydrogen) atoms. The minimum Gasteiger partial charge on any atom is -0.281 e. The number of nitrogens with zero attached hydrogens (tertiary/aromatic N) is 4. The van der Waals surface area contributed by atoms with Gasteiger partial charge in [-0.1, -0.05) is 6.92 Å². The molecule has 0 radical (unpaired) electrons. The third-order valence-corrected chi connectivity index (χ3v) is 4.72. The Labute approximate surface area is 138 Å². The molecule has 0 fully saturated rings. The minimum atomic E-state index is 0.536. The Morgan fingerprint density at radius 1 is 1.27 bits per heavy atom. The molecule has 0 atom stereocenters. The smallest absolute Gasteiger partial charge is 0.159 e. The Kier molecular flexibility index (Phi) is 3.35. The first-order valence-corrected chi connectivity index (χ1v) is 8.51. The van der Waals surface area contributed by atoms with Crippen LogP contribution in [0.5, 0.6) is 0 Å². The molecule has 3 heterocycles. The van der Waals surface area contributed by atoms with Crippen molar-refractivity contribution >= 4 is 29.7 Å². The van der Waals surface area contributed by atoms with Crippen molar-refractivity contribution in [1.29, 1.82) is 0 Å². The number of benzene rings is 1. The highest BCUT2D eigenvalue weighted by molar-refractivity contribution is 7.80. The summed E-state index contributed by atoms with van der Waals surface area (Å²) in [4.78, 5) is 5.73. The average Bonchev–Trinajstić information content (AvgIpc) is 3.15. The van der Waals surface area contributed by atoms with Gasteiger partial charge in [0.05, 0.1) is 11.4 Å². The first-order chi connectivity index (χ1) is 10.8. The standard InChI is InChI=1S/C16H14N4S2/c1-2-14-18-19-15-8-17-16(10-5-6-22-9-10)12-7-11(21)3-4-13(12)20(14)15/h3-7,9,21H,2,8H2,1H3. The number of hydrogen-bond donors (Lipinski definition) is 1. The van der Waals surface area contributed by atoms with Crippen LogP contribution in [-0.4, -0.2) is 20.5 Å². The van der Waals surface area contributed by atoms with Gasteiger partial charge in [0.2, 0.25) is 0 Å². The summed E-state index contributed by atoms with van der Waals surface area (Å²) in [5, 5.41) is 12.8. The maximum atomic E-state index is 4.80. The Morgan fingerprint density at radius 3 is 2.95 bits per heavy atom. The molecule has 0 saturated carbocycles. The van der Waals surface area contributed by atoms with Crippen LogP contribution < -0.4 is 0 Å². The Bertz CT molecular complexity index is 862. The number of aliphatic imine (C=N–C) groups is 1. The highest BCUT2D eigenvalue weighted by Gasteiger charge is 2.22. The van der Waals surface area contributed by atoms with E-state index in [9.17, 15) is 0 Å². The Hall–Kier alpha value is -1.92. The molecule has 1 aliphatic rings. The lowest BCUT2D eigenvalue weighted by Crippen LogP contribution is -2.08. The molecule has 0 spiro atoms. The number of thiophene rings is 1. The van der Waals surface area contributed by atoms with Gasteiger partial charge >= 0.3 is 0 Å². The van der Waals surface area contributed by atoms with E-state index in [1.807, 2.05) is 6.07 Å². The number of hydrogen-bond acceptors (Lipinski definition) is 5. The summed E-state index contributed by atoms with van der Waals surface area (Å²) in [6.07, 6.45) is 0.836. The highest BCUT2D eigenvalue weighted by atomic mass is 32.1. The molecule has 1 aromatic carbocycles. The third-order valence-electron chi connectivity index (χ3n) is 3.76. The van der Waals surface area contributed by atoms with Crippen molar-refractivity contribution in [3.8, 4) is 5.69 Å². The van der Waals surface area contributed by atoms with Crippen molar-refractivity contribution in [1.82, 2.24) is 14.8 Å². The van der Waals surface area contributed by atoms with Gasteiger partial charge in [-0.2, -0.15) is 11.3 Å². The second-order valence-electron chi connectivity index (χ2n) is 5.10. The maximum absolute atomic E-state index is 4.80. The van der Waals surface area contributed by atoms with Gasteiger partial charge in [0.1, 0.15) is 12.4 Å². The topological polar surface area (TPSA) is 43.1 Å². The van der Waals surface area contributed by atoms with Gasteiger partial charge in [0, 0.05) is 27.8 Å². The van der Waals surface area contributed by atoms with E-state index in [-0.39, 0.29) is 0 Å². The monoisotopic (exact) mass is 326 g/mol. The number of thiol groups is 1. The molecular formula is C16H14N4S2. The number of aromatic nitrogens is 3. The van der Waals surface area contributed by atoms with E-state index in [2.05, 4.69) is 63.3 Å². The predicted octanol–water partition coefficient (Wildman–Crippen LogP) is 3.53. The van der Waals surface area contributed by atoms with Crippen molar-refractivity contribution in [2.45, 2.75) is 24.8 Å². The van der Waals surface area contributed by atoms with Crippen LogP contribution >= 0.6 is 24.0 Å². The van der Waals surface area contributed by atoms with Crippen LogP contribution in [0.4, 0.5) is 0 Å². The van der Waals surface area contributed by atoms with Crippen LogP contribution in [0, 0.1) is 0 Å². The number of aryl methyl sites for hydroxylation is 1. The van der Waals surface area contributed by atoms with E-state index >= 15 is 0 Å². The molecule has 0 unspecified atom stereocenters. The van der Waals surface area contributed by atoms with E-state index in [0.717, 1.165) is 45.5 Å². The largest absolute Gasteiger partial charge is 0.281 e. The van der Waals surface area contributed by atoms with Crippen LogP contribution in [0.15, 0.2) is 44.9 Å². The van der Waals surface area contributed by atoms with Gasteiger partial charge < -0.3 is 0 Å². The summed E-state index contributed by atoms with van der Waals surface area (Å²) in [6, 6.07) is 8.26. The van der Waals surface area contributed by atoms with E-state index < -0.39 is 0 Å². The van der Waals surface area contributed by atoms with E-state index in [1.165, 1.54) is 0 Å². The predicted molar refractivity (Wildman–Crippen MR) is 91.7 cm³/mol. The molecule has 0 saturated heterocycles. The zero-order valence-electron chi connectivity index (χ0n) is 12.0. The van der Waals surface area contributed by atoms with Gasteiger partial charge in [-0.15, -0.1) is 22.8 Å². The van der Waals surface area contributed by atoms with Crippen LogP contribution in [-0.2, 0) is 13.0 Å². The molecule has 0 aliphatic carbocycles. The maximum Gasteiger partial charge on any atom is 0.159 e.